The number of carbonyl (C=O) groups is 1. The lowest BCUT2D eigenvalue weighted by Gasteiger charge is -2.16. The molecule has 0 saturated carbocycles. The third-order valence-electron chi connectivity index (χ3n) is 3.48. The Labute approximate surface area is 146 Å². The predicted molar refractivity (Wildman–Crippen MR) is 91.6 cm³/mol. The number of halogens is 1. The minimum Gasteiger partial charge on any atom is -0.491 e. The van der Waals surface area contributed by atoms with E-state index in [4.69, 9.17) is 9.47 Å². The van der Waals surface area contributed by atoms with Crippen molar-refractivity contribution >= 4 is 5.91 Å². The van der Waals surface area contributed by atoms with Gasteiger partial charge in [0.05, 0.1) is 6.61 Å². The summed E-state index contributed by atoms with van der Waals surface area (Å²) in [6, 6.07) is 15.0. The van der Waals surface area contributed by atoms with Crippen molar-refractivity contribution in [1.29, 1.82) is 0 Å². The smallest absolute Gasteiger partial charge is 0.248 e. The Morgan fingerprint density at radius 3 is 2.52 bits per heavy atom. The molecule has 0 aliphatic heterocycles. The fourth-order valence-corrected chi connectivity index (χ4v) is 2.02. The Kier molecular flexibility index (Phi) is 7.37. The van der Waals surface area contributed by atoms with Gasteiger partial charge in [0, 0.05) is 6.54 Å². The molecule has 0 aromatic heterocycles. The molecule has 1 amide bonds. The van der Waals surface area contributed by atoms with Crippen LogP contribution in [0.4, 0.5) is 4.39 Å². The van der Waals surface area contributed by atoms with Crippen molar-refractivity contribution < 1.29 is 23.8 Å². The Balaban J connectivity index is 1.65. The van der Waals surface area contributed by atoms with Gasteiger partial charge in [0.15, 0.2) is 0 Å². The largest absolute Gasteiger partial charge is 0.491 e. The Morgan fingerprint density at radius 2 is 1.84 bits per heavy atom. The van der Waals surface area contributed by atoms with Crippen molar-refractivity contribution in [3.63, 3.8) is 0 Å². The van der Waals surface area contributed by atoms with Crippen LogP contribution >= 0.6 is 0 Å². The first-order chi connectivity index (χ1) is 12.0. The molecule has 134 valence electrons. The van der Waals surface area contributed by atoms with Crippen LogP contribution in [-0.4, -0.2) is 36.4 Å². The molecule has 2 aromatic carbocycles. The van der Waals surface area contributed by atoms with Crippen molar-refractivity contribution in [1.82, 2.24) is 5.32 Å². The second-order valence-corrected chi connectivity index (χ2v) is 5.60. The summed E-state index contributed by atoms with van der Waals surface area (Å²) in [7, 11) is 0. The highest BCUT2D eigenvalue weighted by atomic mass is 19.1. The minimum absolute atomic E-state index is 0.00876. The number of benzene rings is 2. The molecule has 2 atom stereocenters. The van der Waals surface area contributed by atoms with Crippen LogP contribution in [0.3, 0.4) is 0 Å². The number of hydrogen-bond acceptors (Lipinski definition) is 4. The first-order valence-corrected chi connectivity index (χ1v) is 8.04. The third kappa shape index (κ3) is 6.91. The molecule has 0 bridgehead atoms. The van der Waals surface area contributed by atoms with Gasteiger partial charge in [-0.25, -0.2) is 4.39 Å². The summed E-state index contributed by atoms with van der Waals surface area (Å²) >= 11 is 0. The van der Waals surface area contributed by atoms with Crippen LogP contribution in [0.25, 0.3) is 0 Å². The fraction of sp³-hybridized carbons (Fsp3) is 0.316. The molecule has 0 radical (unpaired) electrons. The molecule has 0 aliphatic carbocycles. The zero-order valence-corrected chi connectivity index (χ0v) is 14.0. The average Bonchev–Trinajstić information content (AvgIpc) is 2.64. The number of ether oxygens (including phenoxy) is 2. The molecule has 0 saturated heterocycles. The van der Waals surface area contributed by atoms with Gasteiger partial charge in [0.25, 0.3) is 0 Å². The molecule has 5 nitrogen and oxygen atoms in total. The van der Waals surface area contributed by atoms with Crippen LogP contribution in [0.15, 0.2) is 54.6 Å². The van der Waals surface area contributed by atoms with Crippen molar-refractivity contribution in [2.45, 2.75) is 25.7 Å². The highest BCUT2D eigenvalue weighted by Gasteiger charge is 2.15. The van der Waals surface area contributed by atoms with Crippen LogP contribution < -0.4 is 10.1 Å². The molecule has 0 fully saturated rings. The standard InChI is InChI=1S/C19H22FNO4/c1-14(24-12-15-5-3-2-4-6-15)19(23)21-11-17(22)13-25-18-9-7-16(20)8-10-18/h2-10,14,17,22H,11-13H2,1H3,(H,21,23)/t14-,17-/m1/s1. The molecule has 25 heavy (non-hydrogen) atoms. The minimum atomic E-state index is -0.879. The highest BCUT2D eigenvalue weighted by Crippen LogP contribution is 2.11. The summed E-state index contributed by atoms with van der Waals surface area (Å²) in [4.78, 5) is 12.0. The summed E-state index contributed by atoms with van der Waals surface area (Å²) in [6.45, 7) is 2.02. The topological polar surface area (TPSA) is 67.8 Å². The second kappa shape index (κ2) is 9.76. The lowest BCUT2D eigenvalue weighted by atomic mass is 10.2. The van der Waals surface area contributed by atoms with E-state index in [0.29, 0.717) is 12.4 Å². The quantitative estimate of drug-likeness (QED) is 0.730. The number of rotatable bonds is 9. The van der Waals surface area contributed by atoms with Gasteiger partial charge in [-0.2, -0.15) is 0 Å². The zero-order chi connectivity index (χ0) is 18.1. The van der Waals surface area contributed by atoms with Crippen LogP contribution in [0.5, 0.6) is 5.75 Å². The summed E-state index contributed by atoms with van der Waals surface area (Å²) in [6.07, 6.45) is -1.51. The molecule has 2 rings (SSSR count). The summed E-state index contributed by atoms with van der Waals surface area (Å²) < 4.78 is 23.6. The van der Waals surface area contributed by atoms with Gasteiger partial charge >= 0.3 is 0 Å². The van der Waals surface area contributed by atoms with Gasteiger partial charge in [0.2, 0.25) is 5.91 Å². The molecule has 0 aliphatic rings. The van der Waals surface area contributed by atoms with E-state index in [0.717, 1.165) is 5.56 Å². The lowest BCUT2D eigenvalue weighted by molar-refractivity contribution is -0.133. The molecule has 2 aromatic rings. The van der Waals surface area contributed by atoms with E-state index in [1.807, 2.05) is 30.3 Å². The van der Waals surface area contributed by atoms with Crippen molar-refractivity contribution in [2.75, 3.05) is 13.2 Å². The second-order valence-electron chi connectivity index (χ2n) is 5.60. The van der Waals surface area contributed by atoms with Crippen molar-refractivity contribution in [3.05, 3.63) is 66.0 Å². The maximum atomic E-state index is 12.8. The van der Waals surface area contributed by atoms with Crippen LogP contribution in [0.2, 0.25) is 0 Å². The Hall–Kier alpha value is -2.44. The third-order valence-corrected chi connectivity index (χ3v) is 3.48. The molecule has 2 N–H and O–H groups in total. The van der Waals surface area contributed by atoms with Crippen molar-refractivity contribution in [2.24, 2.45) is 0 Å². The monoisotopic (exact) mass is 347 g/mol. The Morgan fingerprint density at radius 1 is 1.16 bits per heavy atom. The van der Waals surface area contributed by atoms with Gasteiger partial charge in [-0.15, -0.1) is 0 Å². The average molecular weight is 347 g/mol. The first kappa shape index (κ1) is 18.9. The Bertz CT molecular complexity index is 648. The van der Waals surface area contributed by atoms with E-state index in [1.54, 1.807) is 6.92 Å². The van der Waals surface area contributed by atoms with E-state index >= 15 is 0 Å². The number of carbonyl (C=O) groups excluding carboxylic acids is 1. The maximum absolute atomic E-state index is 12.8. The van der Waals surface area contributed by atoms with E-state index in [9.17, 15) is 14.3 Å². The van der Waals surface area contributed by atoms with Gasteiger partial charge in [-0.1, -0.05) is 30.3 Å². The summed E-state index contributed by atoms with van der Waals surface area (Å²) in [5, 5.41) is 12.5. The van der Waals surface area contributed by atoms with Crippen LogP contribution in [-0.2, 0) is 16.1 Å². The van der Waals surface area contributed by atoms with Gasteiger partial charge in [0.1, 0.15) is 30.4 Å². The van der Waals surface area contributed by atoms with E-state index in [-0.39, 0.29) is 24.9 Å². The van der Waals surface area contributed by atoms with Crippen LogP contribution in [0, 0.1) is 5.82 Å². The predicted octanol–water partition coefficient (Wildman–Crippen LogP) is 2.29. The lowest BCUT2D eigenvalue weighted by Crippen LogP contribution is -2.40. The van der Waals surface area contributed by atoms with Crippen LogP contribution in [0.1, 0.15) is 12.5 Å². The molecule has 0 spiro atoms. The number of amides is 1. The molecular formula is C19H22FNO4. The normalized spacial score (nSPS) is 13.1. The number of hydrogen-bond donors (Lipinski definition) is 2. The van der Waals surface area contributed by atoms with Gasteiger partial charge < -0.3 is 19.9 Å². The molecule has 0 unspecified atom stereocenters. The molecular weight excluding hydrogens is 325 g/mol. The zero-order valence-electron chi connectivity index (χ0n) is 14.0. The van der Waals surface area contributed by atoms with Gasteiger partial charge in [-0.05, 0) is 36.8 Å². The number of aliphatic hydroxyl groups is 1. The summed E-state index contributed by atoms with van der Waals surface area (Å²) in [5.74, 6) is -0.215. The number of nitrogens with one attached hydrogen (secondary N) is 1. The molecule has 0 heterocycles. The summed E-state index contributed by atoms with van der Waals surface area (Å²) in [5.41, 5.74) is 0.981. The van der Waals surface area contributed by atoms with Crippen molar-refractivity contribution in [3.8, 4) is 5.75 Å². The first-order valence-electron chi connectivity index (χ1n) is 8.04. The fourth-order valence-electron chi connectivity index (χ4n) is 2.02. The number of aliphatic hydroxyl groups excluding tert-OH is 1. The van der Waals surface area contributed by atoms with Gasteiger partial charge in [-0.3, -0.25) is 4.79 Å². The maximum Gasteiger partial charge on any atom is 0.248 e. The van der Waals surface area contributed by atoms with E-state index < -0.39 is 12.2 Å². The molecule has 6 heteroatoms. The highest BCUT2D eigenvalue weighted by molar-refractivity contribution is 5.80. The van der Waals surface area contributed by atoms with E-state index in [2.05, 4.69) is 5.32 Å². The van der Waals surface area contributed by atoms with E-state index in [1.165, 1.54) is 24.3 Å². The SMILES string of the molecule is C[C@@H](OCc1ccccc1)C(=O)NC[C@@H](O)COc1ccc(F)cc1.